The van der Waals surface area contributed by atoms with Crippen LogP contribution in [0.3, 0.4) is 0 Å². The highest BCUT2D eigenvalue weighted by Crippen LogP contribution is 2.21. The first-order chi connectivity index (χ1) is 15.3. The zero-order chi connectivity index (χ0) is 22.7. The molecule has 1 fully saturated rings. The van der Waals surface area contributed by atoms with E-state index in [4.69, 9.17) is 9.47 Å². The van der Waals surface area contributed by atoms with E-state index in [-0.39, 0.29) is 16.6 Å². The second kappa shape index (κ2) is 8.99. The van der Waals surface area contributed by atoms with Gasteiger partial charge in [0.1, 0.15) is 11.9 Å². The molecule has 0 spiro atoms. The molecule has 4 rings (SSSR count). The fourth-order valence-corrected chi connectivity index (χ4v) is 4.18. The Kier molecular flexibility index (Phi) is 6.13. The standard InChI is InChI=1S/C22H24N4O5S/c1-30-19-14-23-22(24-15-19)25-10-7-17(8-11-25)31-18-9-12-26(21(27)13-18)16-3-5-20(6-4-16)32(2,28)29/h3-6,9,12-15,17H,7-8,10-11H2,1-2H3. The smallest absolute Gasteiger partial charge is 0.258 e. The van der Waals surface area contributed by atoms with E-state index in [1.165, 1.54) is 22.8 Å². The van der Waals surface area contributed by atoms with Crippen LogP contribution in [0.5, 0.6) is 11.5 Å². The first-order valence-electron chi connectivity index (χ1n) is 10.1. The Morgan fingerprint density at radius 3 is 2.22 bits per heavy atom. The average molecular weight is 457 g/mol. The highest BCUT2D eigenvalue weighted by Gasteiger charge is 2.22. The number of methoxy groups -OCH3 is 1. The number of ether oxygens (including phenoxy) is 2. The summed E-state index contributed by atoms with van der Waals surface area (Å²) in [5, 5.41) is 0. The van der Waals surface area contributed by atoms with Gasteiger partial charge in [0.05, 0.1) is 24.4 Å². The Labute approximate surface area is 186 Å². The van der Waals surface area contributed by atoms with Gasteiger partial charge in [0, 0.05) is 50.1 Å². The third-order valence-electron chi connectivity index (χ3n) is 5.31. The minimum Gasteiger partial charge on any atom is -0.494 e. The predicted molar refractivity (Wildman–Crippen MR) is 120 cm³/mol. The van der Waals surface area contributed by atoms with E-state index in [0.717, 1.165) is 32.2 Å². The van der Waals surface area contributed by atoms with Crippen molar-refractivity contribution in [2.75, 3.05) is 31.4 Å². The third-order valence-corrected chi connectivity index (χ3v) is 6.44. The van der Waals surface area contributed by atoms with Crippen LogP contribution in [0.2, 0.25) is 0 Å². The monoisotopic (exact) mass is 456 g/mol. The summed E-state index contributed by atoms with van der Waals surface area (Å²) in [4.78, 5) is 23.5. The summed E-state index contributed by atoms with van der Waals surface area (Å²) in [6.45, 7) is 1.50. The van der Waals surface area contributed by atoms with Crippen LogP contribution in [0.4, 0.5) is 5.95 Å². The lowest BCUT2D eigenvalue weighted by molar-refractivity contribution is 0.170. The summed E-state index contributed by atoms with van der Waals surface area (Å²) >= 11 is 0. The Morgan fingerprint density at radius 1 is 1.00 bits per heavy atom. The number of hydrogen-bond donors (Lipinski definition) is 0. The van der Waals surface area contributed by atoms with E-state index >= 15 is 0 Å². The van der Waals surface area contributed by atoms with E-state index in [0.29, 0.717) is 23.1 Å². The maximum absolute atomic E-state index is 12.6. The van der Waals surface area contributed by atoms with Crippen molar-refractivity contribution < 1.29 is 17.9 Å². The first-order valence-corrected chi connectivity index (χ1v) is 12.0. The van der Waals surface area contributed by atoms with E-state index < -0.39 is 9.84 Å². The number of pyridine rings is 1. The van der Waals surface area contributed by atoms with Gasteiger partial charge in [-0.05, 0) is 30.3 Å². The van der Waals surface area contributed by atoms with Crippen molar-refractivity contribution in [3.8, 4) is 17.2 Å². The highest BCUT2D eigenvalue weighted by atomic mass is 32.2. The van der Waals surface area contributed by atoms with Crippen molar-refractivity contribution in [3.63, 3.8) is 0 Å². The van der Waals surface area contributed by atoms with Gasteiger partial charge in [-0.15, -0.1) is 0 Å². The minimum atomic E-state index is -3.28. The SMILES string of the molecule is COc1cnc(N2CCC(Oc3ccn(-c4ccc(S(C)(=O)=O)cc4)c(=O)c3)CC2)nc1. The Balaban J connectivity index is 1.38. The van der Waals surface area contributed by atoms with Gasteiger partial charge < -0.3 is 14.4 Å². The maximum Gasteiger partial charge on any atom is 0.258 e. The zero-order valence-electron chi connectivity index (χ0n) is 17.8. The van der Waals surface area contributed by atoms with Crippen LogP contribution in [0.25, 0.3) is 5.69 Å². The molecular weight excluding hydrogens is 432 g/mol. The lowest BCUT2D eigenvalue weighted by Crippen LogP contribution is -2.39. The summed E-state index contributed by atoms with van der Waals surface area (Å²) in [6.07, 6.45) is 7.64. The van der Waals surface area contributed by atoms with Crippen LogP contribution >= 0.6 is 0 Å². The molecule has 3 heterocycles. The van der Waals surface area contributed by atoms with E-state index in [2.05, 4.69) is 14.9 Å². The second-order valence-corrected chi connectivity index (χ2v) is 9.58. The van der Waals surface area contributed by atoms with Gasteiger partial charge in [-0.3, -0.25) is 9.36 Å². The second-order valence-electron chi connectivity index (χ2n) is 7.56. The molecule has 0 N–H and O–H groups in total. The van der Waals surface area contributed by atoms with Crippen molar-refractivity contribution in [1.29, 1.82) is 0 Å². The lowest BCUT2D eigenvalue weighted by atomic mass is 10.1. The first kappa shape index (κ1) is 21.8. The fourth-order valence-electron chi connectivity index (χ4n) is 3.55. The van der Waals surface area contributed by atoms with Crippen LogP contribution in [-0.4, -0.2) is 55.5 Å². The molecular formula is C22H24N4O5S. The van der Waals surface area contributed by atoms with Crippen LogP contribution in [0, 0.1) is 0 Å². The maximum atomic E-state index is 12.6. The molecule has 0 bridgehead atoms. The molecule has 0 aliphatic carbocycles. The van der Waals surface area contributed by atoms with E-state index in [9.17, 15) is 13.2 Å². The molecule has 10 heteroatoms. The van der Waals surface area contributed by atoms with Crippen LogP contribution in [0.15, 0.2) is 64.7 Å². The lowest BCUT2D eigenvalue weighted by Gasteiger charge is -2.32. The van der Waals surface area contributed by atoms with Crippen LogP contribution in [0.1, 0.15) is 12.8 Å². The van der Waals surface area contributed by atoms with E-state index in [1.54, 1.807) is 43.9 Å². The molecule has 0 unspecified atom stereocenters. The van der Waals surface area contributed by atoms with Gasteiger partial charge in [0.25, 0.3) is 5.56 Å². The number of anilines is 1. The summed E-state index contributed by atoms with van der Waals surface area (Å²) < 4.78 is 35.8. The van der Waals surface area contributed by atoms with Crippen LogP contribution in [-0.2, 0) is 9.84 Å². The van der Waals surface area contributed by atoms with Gasteiger partial charge in [-0.2, -0.15) is 0 Å². The number of hydrogen-bond acceptors (Lipinski definition) is 8. The molecule has 0 radical (unpaired) electrons. The number of benzene rings is 1. The van der Waals surface area contributed by atoms with Gasteiger partial charge in [-0.25, -0.2) is 18.4 Å². The highest BCUT2D eigenvalue weighted by molar-refractivity contribution is 7.90. The zero-order valence-corrected chi connectivity index (χ0v) is 18.7. The molecule has 32 heavy (non-hydrogen) atoms. The Hall–Kier alpha value is -3.40. The molecule has 0 atom stereocenters. The fraction of sp³-hybridized carbons (Fsp3) is 0.318. The number of aromatic nitrogens is 3. The minimum absolute atomic E-state index is 0.00575. The summed E-state index contributed by atoms with van der Waals surface area (Å²) in [7, 11) is -1.71. The number of sulfone groups is 1. The third kappa shape index (κ3) is 4.91. The van der Waals surface area contributed by atoms with Crippen molar-refractivity contribution >= 4 is 15.8 Å². The summed E-state index contributed by atoms with van der Waals surface area (Å²) in [5.74, 6) is 1.79. The molecule has 0 saturated carbocycles. The largest absolute Gasteiger partial charge is 0.494 e. The number of rotatable bonds is 6. The van der Waals surface area contributed by atoms with E-state index in [1.807, 2.05) is 0 Å². The number of piperidine rings is 1. The quantitative estimate of drug-likeness (QED) is 0.555. The average Bonchev–Trinajstić information content (AvgIpc) is 2.79. The topological polar surface area (TPSA) is 104 Å². The molecule has 1 aliphatic rings. The van der Waals surface area contributed by atoms with Gasteiger partial charge in [0.15, 0.2) is 15.6 Å². The molecule has 1 aliphatic heterocycles. The Morgan fingerprint density at radius 2 is 1.66 bits per heavy atom. The van der Waals surface area contributed by atoms with Gasteiger partial charge in [0.2, 0.25) is 5.95 Å². The van der Waals surface area contributed by atoms with Crippen molar-refractivity contribution in [2.45, 2.75) is 23.8 Å². The van der Waals surface area contributed by atoms with Crippen molar-refractivity contribution in [2.24, 2.45) is 0 Å². The molecule has 1 saturated heterocycles. The van der Waals surface area contributed by atoms with Gasteiger partial charge in [-0.1, -0.05) is 0 Å². The molecule has 1 aromatic carbocycles. The molecule has 0 amide bonds. The summed E-state index contributed by atoms with van der Waals surface area (Å²) in [5.41, 5.74) is 0.334. The Bertz CT molecular complexity index is 1230. The van der Waals surface area contributed by atoms with Crippen LogP contribution < -0.4 is 19.9 Å². The van der Waals surface area contributed by atoms with Crippen molar-refractivity contribution in [3.05, 3.63) is 65.3 Å². The normalized spacial score (nSPS) is 14.9. The molecule has 9 nitrogen and oxygen atoms in total. The summed E-state index contributed by atoms with van der Waals surface area (Å²) in [6, 6.07) is 9.38. The molecule has 2 aromatic heterocycles. The molecule has 3 aromatic rings. The van der Waals surface area contributed by atoms with Gasteiger partial charge >= 0.3 is 0 Å². The molecule has 168 valence electrons. The van der Waals surface area contributed by atoms with Crippen molar-refractivity contribution in [1.82, 2.24) is 14.5 Å². The number of nitrogens with zero attached hydrogens (tertiary/aromatic N) is 4. The predicted octanol–water partition coefficient (Wildman–Crippen LogP) is 2.09.